The average Bonchev–Trinajstić information content (AvgIpc) is 2.92. The SMILES string of the molecule is CC(=O)NCC[C@H]1C[C@@H](N2C(=O)c3cccc(c3)S(=O)(=O)Nc3nc(cc(-c4c(C)cccc4C)n3)OC[C@H]2CC(C)(C)C)C1. The van der Waals surface area contributed by atoms with Crippen molar-refractivity contribution in [2.24, 2.45) is 11.3 Å². The topological polar surface area (TPSA) is 131 Å². The van der Waals surface area contributed by atoms with Crippen molar-refractivity contribution in [3.63, 3.8) is 0 Å². The third-order valence-corrected chi connectivity index (χ3v) is 9.81. The van der Waals surface area contributed by atoms with Crippen LogP contribution in [0.2, 0.25) is 0 Å². The number of rotatable bonds is 6. The Labute approximate surface area is 266 Å². The number of carbonyl (C=O) groups is 2. The van der Waals surface area contributed by atoms with E-state index in [2.05, 4.69) is 40.8 Å². The average molecular weight is 634 g/mol. The maximum atomic E-state index is 14.3. The maximum Gasteiger partial charge on any atom is 0.264 e. The molecule has 3 aromatic rings. The lowest BCUT2D eigenvalue weighted by Gasteiger charge is -2.47. The van der Waals surface area contributed by atoms with Crippen LogP contribution < -0.4 is 14.8 Å². The van der Waals surface area contributed by atoms with E-state index in [0.29, 0.717) is 30.1 Å². The van der Waals surface area contributed by atoms with E-state index in [1.54, 1.807) is 18.2 Å². The highest BCUT2D eigenvalue weighted by molar-refractivity contribution is 7.92. The van der Waals surface area contributed by atoms with Crippen LogP contribution >= 0.6 is 0 Å². The van der Waals surface area contributed by atoms with Crippen molar-refractivity contribution >= 4 is 27.8 Å². The van der Waals surface area contributed by atoms with Gasteiger partial charge in [-0.05, 0) is 80.2 Å². The molecule has 4 bridgehead atoms. The summed E-state index contributed by atoms with van der Waals surface area (Å²) in [7, 11) is -4.13. The molecule has 2 heterocycles. The van der Waals surface area contributed by atoms with Crippen LogP contribution in [0.5, 0.6) is 5.88 Å². The second-order valence-corrected chi connectivity index (χ2v) is 15.2. The van der Waals surface area contributed by atoms with Crippen molar-refractivity contribution < 1.29 is 22.7 Å². The molecule has 240 valence electrons. The highest BCUT2D eigenvalue weighted by Gasteiger charge is 2.41. The monoisotopic (exact) mass is 633 g/mol. The molecule has 5 rings (SSSR count). The van der Waals surface area contributed by atoms with Gasteiger partial charge in [0.25, 0.3) is 15.9 Å². The fourth-order valence-corrected chi connectivity index (χ4v) is 7.38. The molecule has 45 heavy (non-hydrogen) atoms. The zero-order valence-corrected chi connectivity index (χ0v) is 27.7. The third kappa shape index (κ3) is 7.64. The minimum absolute atomic E-state index is 0.0505. The van der Waals surface area contributed by atoms with Crippen LogP contribution in [0.4, 0.5) is 5.95 Å². The Kier molecular flexibility index (Phi) is 9.21. The van der Waals surface area contributed by atoms with E-state index in [1.165, 1.54) is 19.1 Å². The Bertz CT molecular complexity index is 1670. The summed E-state index contributed by atoms with van der Waals surface area (Å²) >= 11 is 0. The molecule has 2 amide bonds. The summed E-state index contributed by atoms with van der Waals surface area (Å²) in [6.45, 7) is 12.6. The first-order valence-corrected chi connectivity index (χ1v) is 17.0. The van der Waals surface area contributed by atoms with Gasteiger partial charge >= 0.3 is 0 Å². The Hall–Kier alpha value is -3.99. The molecule has 1 fully saturated rings. The van der Waals surface area contributed by atoms with E-state index >= 15 is 0 Å². The number of carbonyl (C=O) groups excluding carboxylic acids is 2. The number of fused-ring (bicyclic) bond motifs is 4. The lowest BCUT2D eigenvalue weighted by Crippen LogP contribution is -2.55. The Morgan fingerprint density at radius 1 is 1.07 bits per heavy atom. The summed E-state index contributed by atoms with van der Waals surface area (Å²) in [6.07, 6.45) is 3.08. The van der Waals surface area contributed by atoms with Crippen LogP contribution in [0, 0.1) is 25.2 Å². The van der Waals surface area contributed by atoms with Gasteiger partial charge in [0.2, 0.25) is 17.7 Å². The van der Waals surface area contributed by atoms with E-state index in [1.807, 2.05) is 36.9 Å². The molecule has 2 aromatic carbocycles. The molecular weight excluding hydrogens is 590 g/mol. The number of hydrogen-bond donors (Lipinski definition) is 2. The van der Waals surface area contributed by atoms with Gasteiger partial charge in [0.05, 0.1) is 16.6 Å². The number of nitrogens with zero attached hydrogens (tertiary/aromatic N) is 3. The van der Waals surface area contributed by atoms with Gasteiger partial charge in [0, 0.05) is 36.7 Å². The summed E-state index contributed by atoms with van der Waals surface area (Å²) < 4.78 is 36.1. The first-order chi connectivity index (χ1) is 21.2. The van der Waals surface area contributed by atoms with E-state index < -0.39 is 10.0 Å². The van der Waals surface area contributed by atoms with Crippen molar-refractivity contribution in [1.29, 1.82) is 0 Å². The molecule has 1 aromatic heterocycles. The fourth-order valence-electron chi connectivity index (χ4n) is 6.39. The van der Waals surface area contributed by atoms with Crippen LogP contribution in [0.25, 0.3) is 11.3 Å². The van der Waals surface area contributed by atoms with Crippen molar-refractivity contribution in [3.05, 3.63) is 65.2 Å². The Morgan fingerprint density at radius 2 is 1.76 bits per heavy atom. The van der Waals surface area contributed by atoms with Crippen molar-refractivity contribution in [2.75, 3.05) is 17.9 Å². The predicted octanol–water partition coefficient (Wildman–Crippen LogP) is 5.51. The van der Waals surface area contributed by atoms with Gasteiger partial charge in [0.15, 0.2) is 0 Å². The first-order valence-electron chi connectivity index (χ1n) is 15.5. The van der Waals surface area contributed by atoms with Crippen LogP contribution in [-0.4, -0.2) is 60.3 Å². The standard InChI is InChI=1S/C34H43N5O5S/c1-21-9-7-10-22(2)31(21)29-18-30-37-33(36-29)38-45(42,43)28-12-8-11-25(17-28)32(41)39(27(20-44-30)19-34(4,5)6)26-15-24(16-26)13-14-35-23(3)40/h7-12,17-18,24,26-27H,13-16,19-20H2,1-6H3,(H,35,40)(H,36,37,38)/t24-,26+,27-/m1/s1. The molecular formula is C34H43N5O5S. The highest BCUT2D eigenvalue weighted by atomic mass is 32.2. The quantitative estimate of drug-likeness (QED) is 0.366. The van der Waals surface area contributed by atoms with Crippen molar-refractivity contribution in [1.82, 2.24) is 20.2 Å². The van der Waals surface area contributed by atoms with Gasteiger partial charge in [-0.15, -0.1) is 0 Å². The van der Waals surface area contributed by atoms with Gasteiger partial charge in [-0.2, -0.15) is 4.98 Å². The van der Waals surface area contributed by atoms with Crippen molar-refractivity contribution in [2.45, 2.75) is 84.2 Å². The number of nitrogens with one attached hydrogen (secondary N) is 2. The molecule has 0 unspecified atom stereocenters. The summed E-state index contributed by atoms with van der Waals surface area (Å²) in [6, 6.07) is 13.4. The van der Waals surface area contributed by atoms with Crippen LogP contribution in [-0.2, 0) is 14.8 Å². The minimum atomic E-state index is -4.13. The summed E-state index contributed by atoms with van der Waals surface area (Å²) in [5.74, 6) is 0.199. The molecule has 1 aliphatic carbocycles. The van der Waals surface area contributed by atoms with Crippen LogP contribution in [0.1, 0.15) is 74.9 Å². The number of sulfonamides is 1. The van der Waals surface area contributed by atoms with Crippen LogP contribution in [0.3, 0.4) is 0 Å². The molecule has 0 spiro atoms. The zero-order valence-electron chi connectivity index (χ0n) is 26.9. The Balaban J connectivity index is 1.58. The number of aromatic nitrogens is 2. The van der Waals surface area contributed by atoms with E-state index in [0.717, 1.165) is 36.0 Å². The summed E-state index contributed by atoms with van der Waals surface area (Å²) in [5, 5.41) is 2.86. The number of hydrogen-bond acceptors (Lipinski definition) is 7. The van der Waals surface area contributed by atoms with Crippen LogP contribution in [0.15, 0.2) is 53.4 Å². The molecule has 0 saturated heterocycles. The smallest absolute Gasteiger partial charge is 0.264 e. The number of aryl methyl sites for hydroxylation is 2. The summed E-state index contributed by atoms with van der Waals surface area (Å²) in [5.41, 5.74) is 3.54. The van der Waals surface area contributed by atoms with E-state index in [-0.39, 0.29) is 52.6 Å². The number of ether oxygens (including phenoxy) is 1. The molecule has 1 atom stereocenters. The highest BCUT2D eigenvalue weighted by Crippen LogP contribution is 2.39. The third-order valence-electron chi connectivity index (χ3n) is 8.49. The number of benzene rings is 2. The minimum Gasteiger partial charge on any atom is -0.475 e. The Morgan fingerprint density at radius 3 is 2.42 bits per heavy atom. The van der Waals surface area contributed by atoms with Gasteiger partial charge in [-0.3, -0.25) is 9.59 Å². The predicted molar refractivity (Wildman–Crippen MR) is 174 cm³/mol. The first kappa shape index (κ1) is 32.4. The normalized spacial score (nSPS) is 21.2. The maximum absolute atomic E-state index is 14.3. The number of amides is 2. The van der Waals surface area contributed by atoms with E-state index in [4.69, 9.17) is 4.74 Å². The zero-order chi connectivity index (χ0) is 32.5. The molecule has 1 saturated carbocycles. The van der Waals surface area contributed by atoms with Crippen molar-refractivity contribution in [3.8, 4) is 17.1 Å². The summed E-state index contributed by atoms with van der Waals surface area (Å²) in [4.78, 5) is 36.6. The van der Waals surface area contributed by atoms with Gasteiger partial charge in [-0.25, -0.2) is 18.1 Å². The molecule has 2 aliphatic rings. The molecule has 2 N–H and O–H groups in total. The lowest BCUT2D eigenvalue weighted by molar-refractivity contribution is -0.119. The largest absolute Gasteiger partial charge is 0.475 e. The van der Waals surface area contributed by atoms with Gasteiger partial charge < -0.3 is 15.0 Å². The molecule has 1 aliphatic heterocycles. The molecule has 0 radical (unpaired) electrons. The molecule has 11 heteroatoms. The lowest BCUT2D eigenvalue weighted by atomic mass is 9.75. The number of anilines is 1. The molecule has 10 nitrogen and oxygen atoms in total. The second kappa shape index (κ2) is 12.8. The van der Waals surface area contributed by atoms with E-state index in [9.17, 15) is 18.0 Å². The fraction of sp³-hybridized carbons (Fsp3) is 0.471. The second-order valence-electron chi connectivity index (χ2n) is 13.5. The van der Waals surface area contributed by atoms with Gasteiger partial charge in [-0.1, -0.05) is 45.0 Å². The van der Waals surface area contributed by atoms with Gasteiger partial charge in [0.1, 0.15) is 6.61 Å².